The molecule has 0 aliphatic rings. The van der Waals surface area contributed by atoms with Crippen molar-refractivity contribution in [1.29, 1.82) is 0 Å². The first kappa shape index (κ1) is 100. The summed E-state index contributed by atoms with van der Waals surface area (Å²) >= 11 is 0. The zero-order chi connectivity index (χ0) is 75.3. The molecular weight excluding hydrogens is 1330 g/mol. The molecule has 0 aromatic heterocycles. The predicted octanol–water partition coefficient (Wildman–Crippen LogP) is 24.8. The van der Waals surface area contributed by atoms with Crippen LogP contribution < -0.4 is 0 Å². The fourth-order valence-corrected chi connectivity index (χ4v) is 14.3. The third-order valence-electron chi connectivity index (χ3n) is 19.7. The van der Waals surface area contributed by atoms with Gasteiger partial charge in [-0.2, -0.15) is 0 Å². The Labute approximate surface area is 626 Å². The van der Waals surface area contributed by atoms with Gasteiger partial charge in [0.2, 0.25) is 0 Å². The summed E-state index contributed by atoms with van der Waals surface area (Å²) in [6.07, 6.45) is 59.7. The van der Waals surface area contributed by atoms with Gasteiger partial charge in [0.15, 0.2) is 12.2 Å². The number of esters is 4. The number of hydrogen-bond donors (Lipinski definition) is 3. The first-order chi connectivity index (χ1) is 49.1. The lowest BCUT2D eigenvalue weighted by Crippen LogP contribution is -2.30. The lowest BCUT2D eigenvalue weighted by atomic mass is 10.00. The number of phosphoric acid groups is 2. The maximum atomic E-state index is 13.1. The fourth-order valence-electron chi connectivity index (χ4n) is 12.8. The molecule has 0 saturated heterocycles. The summed E-state index contributed by atoms with van der Waals surface area (Å²) in [6, 6.07) is 0. The number of rotatable bonds is 80. The lowest BCUT2D eigenvalue weighted by molar-refractivity contribution is -0.161. The van der Waals surface area contributed by atoms with Gasteiger partial charge in [-0.3, -0.25) is 37.3 Å². The number of phosphoric ester groups is 2. The highest BCUT2D eigenvalue weighted by molar-refractivity contribution is 7.47. The van der Waals surface area contributed by atoms with E-state index in [1.807, 2.05) is 0 Å². The van der Waals surface area contributed by atoms with Gasteiger partial charge in [-0.25, -0.2) is 9.13 Å². The van der Waals surface area contributed by atoms with Crippen LogP contribution in [0.5, 0.6) is 0 Å². The highest BCUT2D eigenvalue weighted by atomic mass is 31.2. The maximum absolute atomic E-state index is 13.1. The lowest BCUT2D eigenvalue weighted by Gasteiger charge is -2.21. The molecule has 0 spiro atoms. The quantitative estimate of drug-likeness (QED) is 0.0222. The van der Waals surface area contributed by atoms with Crippen molar-refractivity contribution in [3.8, 4) is 0 Å². The molecule has 606 valence electrons. The molecule has 3 unspecified atom stereocenters. The molecule has 17 nitrogen and oxygen atoms in total. The molecule has 6 atom stereocenters. The molecule has 0 saturated carbocycles. The van der Waals surface area contributed by atoms with E-state index in [4.69, 9.17) is 37.0 Å². The van der Waals surface area contributed by atoms with Crippen LogP contribution in [0.1, 0.15) is 428 Å². The number of ether oxygens (including phenoxy) is 4. The summed E-state index contributed by atoms with van der Waals surface area (Å²) in [5, 5.41) is 10.7. The minimum absolute atomic E-state index is 0.106. The molecular formula is C83H162O17P2. The maximum Gasteiger partial charge on any atom is 0.472 e. The molecule has 0 aliphatic carbocycles. The number of carbonyl (C=O) groups excluding carboxylic acids is 4. The average molecular weight is 1490 g/mol. The standard InChI is InChI=1S/C83H162O17P2/c1-9-76(8)62-54-46-41-42-48-56-64-81(86)94-70-79(100-83(88)66-58-50-40-34-28-22-16-19-25-31-37-45-53-61-75(6)7)72-98-102(91,92)96-68-77(84)67-95-101(89,90)97-71-78(69-93-80(85)63-55-47-38-32-26-20-15-14-18-24-30-36-44-52-60-74(4)5)99-82(87)65-57-49-39-33-27-21-13-11-10-12-17-23-29-35-43-51-59-73(2)3/h73-79,84H,9-72H2,1-8H3,(H,89,90)(H,91,92)/t76?,77-,78-,79-/m1/s1. The molecule has 0 radical (unpaired) electrons. The third kappa shape index (κ3) is 74.9. The molecule has 0 aromatic carbocycles. The highest BCUT2D eigenvalue weighted by Gasteiger charge is 2.30. The van der Waals surface area contributed by atoms with E-state index in [1.165, 1.54) is 225 Å². The van der Waals surface area contributed by atoms with Crippen LogP contribution in [0.3, 0.4) is 0 Å². The van der Waals surface area contributed by atoms with Crippen molar-refractivity contribution in [3.63, 3.8) is 0 Å². The van der Waals surface area contributed by atoms with Crippen LogP contribution in [-0.2, 0) is 65.4 Å². The van der Waals surface area contributed by atoms with Crippen molar-refractivity contribution < 1.29 is 80.2 Å². The Morgan fingerprint density at radius 3 is 0.696 bits per heavy atom. The zero-order valence-corrected chi connectivity index (χ0v) is 69.0. The normalized spacial score (nSPS) is 14.3. The van der Waals surface area contributed by atoms with E-state index >= 15 is 0 Å². The summed E-state index contributed by atoms with van der Waals surface area (Å²) < 4.78 is 68.8. The Morgan fingerprint density at radius 1 is 0.275 bits per heavy atom. The second kappa shape index (κ2) is 72.0. The number of carbonyl (C=O) groups is 4. The summed E-state index contributed by atoms with van der Waals surface area (Å²) in [7, 11) is -9.93. The first-order valence-electron chi connectivity index (χ1n) is 42.7. The highest BCUT2D eigenvalue weighted by Crippen LogP contribution is 2.45. The average Bonchev–Trinajstić information content (AvgIpc) is 0.910. The van der Waals surface area contributed by atoms with Crippen molar-refractivity contribution in [2.24, 2.45) is 23.7 Å². The van der Waals surface area contributed by atoms with E-state index in [2.05, 4.69) is 55.4 Å². The van der Waals surface area contributed by atoms with Gasteiger partial charge in [0.1, 0.15) is 19.3 Å². The molecule has 3 N–H and O–H groups in total. The number of hydrogen-bond acceptors (Lipinski definition) is 15. The molecule has 0 aromatic rings. The minimum atomic E-state index is -4.96. The Balaban J connectivity index is 5.25. The molecule has 19 heteroatoms. The SMILES string of the molecule is CCC(C)CCCCCCCCC(=O)OC[C@H](COP(=O)(O)OC[C@H](O)COP(=O)(O)OC[C@@H](COC(=O)CCCCCCCCCCCCCCCCC(C)C)OC(=O)CCCCCCCCCCCCCCCCCCC(C)C)OC(=O)CCCCCCCCCCCCCCCC(C)C. The van der Waals surface area contributed by atoms with Crippen molar-refractivity contribution in [2.75, 3.05) is 39.6 Å². The molecule has 0 aliphatic heterocycles. The van der Waals surface area contributed by atoms with Gasteiger partial charge in [-0.05, 0) is 49.4 Å². The topological polar surface area (TPSA) is 237 Å². The molecule has 0 bridgehead atoms. The summed E-state index contributed by atoms with van der Waals surface area (Å²) in [6.45, 7) is 14.3. The van der Waals surface area contributed by atoms with E-state index in [-0.39, 0.29) is 25.7 Å². The van der Waals surface area contributed by atoms with Crippen LogP contribution in [0.25, 0.3) is 0 Å². The Bertz CT molecular complexity index is 1990. The van der Waals surface area contributed by atoms with Gasteiger partial charge >= 0.3 is 39.5 Å². The van der Waals surface area contributed by atoms with Gasteiger partial charge in [0.25, 0.3) is 0 Å². The van der Waals surface area contributed by atoms with E-state index in [0.717, 1.165) is 120 Å². The Morgan fingerprint density at radius 2 is 0.471 bits per heavy atom. The fraction of sp³-hybridized carbons (Fsp3) is 0.952. The molecule has 102 heavy (non-hydrogen) atoms. The molecule has 0 fully saturated rings. The van der Waals surface area contributed by atoms with Crippen molar-refractivity contribution in [2.45, 2.75) is 446 Å². The molecule has 0 rings (SSSR count). The van der Waals surface area contributed by atoms with Crippen LogP contribution in [0.2, 0.25) is 0 Å². The van der Waals surface area contributed by atoms with Crippen molar-refractivity contribution in [3.05, 3.63) is 0 Å². The number of aliphatic hydroxyl groups excluding tert-OH is 1. The van der Waals surface area contributed by atoms with Crippen LogP contribution in [-0.4, -0.2) is 96.7 Å². The van der Waals surface area contributed by atoms with Crippen LogP contribution >= 0.6 is 15.6 Å². The second-order valence-electron chi connectivity index (χ2n) is 31.5. The van der Waals surface area contributed by atoms with Gasteiger partial charge in [0, 0.05) is 25.7 Å². The van der Waals surface area contributed by atoms with Crippen LogP contribution in [0.15, 0.2) is 0 Å². The number of unbranched alkanes of at least 4 members (excludes halogenated alkanes) is 45. The minimum Gasteiger partial charge on any atom is -0.462 e. The van der Waals surface area contributed by atoms with E-state index < -0.39 is 97.5 Å². The second-order valence-corrected chi connectivity index (χ2v) is 34.4. The zero-order valence-electron chi connectivity index (χ0n) is 67.2. The number of aliphatic hydroxyl groups is 1. The van der Waals surface area contributed by atoms with E-state index in [9.17, 15) is 43.2 Å². The van der Waals surface area contributed by atoms with Gasteiger partial charge in [-0.15, -0.1) is 0 Å². The first-order valence-corrected chi connectivity index (χ1v) is 45.7. The van der Waals surface area contributed by atoms with Crippen molar-refractivity contribution >= 4 is 39.5 Å². The third-order valence-corrected chi connectivity index (χ3v) is 21.6. The summed E-state index contributed by atoms with van der Waals surface area (Å²) in [5.74, 6) is 1.01. The van der Waals surface area contributed by atoms with E-state index in [0.29, 0.717) is 25.7 Å². The van der Waals surface area contributed by atoms with Crippen LogP contribution in [0, 0.1) is 23.7 Å². The van der Waals surface area contributed by atoms with Gasteiger partial charge in [-0.1, -0.05) is 376 Å². The summed E-state index contributed by atoms with van der Waals surface area (Å²) in [5.41, 5.74) is 0. The smallest absolute Gasteiger partial charge is 0.462 e. The molecule has 0 amide bonds. The van der Waals surface area contributed by atoms with E-state index in [1.54, 1.807) is 0 Å². The van der Waals surface area contributed by atoms with Gasteiger partial charge in [0.05, 0.1) is 26.4 Å². The Kier molecular flexibility index (Phi) is 70.6. The van der Waals surface area contributed by atoms with Crippen LogP contribution in [0.4, 0.5) is 0 Å². The largest absolute Gasteiger partial charge is 0.472 e. The summed E-state index contributed by atoms with van der Waals surface area (Å²) in [4.78, 5) is 73.1. The monoisotopic (exact) mass is 1490 g/mol. The van der Waals surface area contributed by atoms with Crippen molar-refractivity contribution in [1.82, 2.24) is 0 Å². The van der Waals surface area contributed by atoms with Gasteiger partial charge < -0.3 is 33.8 Å². The predicted molar refractivity (Wildman–Crippen MR) is 418 cm³/mol. The Hall–Kier alpha value is -1.94. The molecule has 0 heterocycles.